The van der Waals surface area contributed by atoms with E-state index in [1.165, 1.54) is 24.1 Å². The Hall–Kier alpha value is -4.33. The number of benzene rings is 1. The van der Waals surface area contributed by atoms with Crippen LogP contribution in [0, 0.1) is 24.7 Å². The van der Waals surface area contributed by atoms with Gasteiger partial charge in [-0.15, -0.1) is 0 Å². The molecule has 0 aromatic heterocycles. The van der Waals surface area contributed by atoms with E-state index in [1.54, 1.807) is 58.1 Å². The van der Waals surface area contributed by atoms with Crippen molar-refractivity contribution in [1.29, 1.82) is 0 Å². The van der Waals surface area contributed by atoms with Gasteiger partial charge in [0.05, 0.1) is 18.1 Å². The van der Waals surface area contributed by atoms with Crippen LogP contribution >= 0.6 is 0 Å². The molecular formula is C40H58N4O9. The number of rotatable bonds is 7. The van der Waals surface area contributed by atoms with Crippen molar-refractivity contribution in [2.75, 3.05) is 6.54 Å². The first-order valence-corrected chi connectivity index (χ1v) is 18.5. The van der Waals surface area contributed by atoms with Crippen LogP contribution < -0.4 is 16.1 Å². The number of carbonyl (C=O) groups excluding carboxylic acids is 5. The maximum absolute atomic E-state index is 14.2. The van der Waals surface area contributed by atoms with E-state index in [0.29, 0.717) is 30.4 Å². The molecular weight excluding hydrogens is 680 g/mol. The van der Waals surface area contributed by atoms with E-state index in [9.17, 15) is 39.3 Å². The molecule has 1 saturated heterocycles. The summed E-state index contributed by atoms with van der Waals surface area (Å²) < 4.78 is 5.93. The van der Waals surface area contributed by atoms with Gasteiger partial charge in [0.25, 0.3) is 5.91 Å². The highest BCUT2D eigenvalue weighted by Crippen LogP contribution is 2.24. The van der Waals surface area contributed by atoms with E-state index < -0.39 is 77.9 Å². The lowest BCUT2D eigenvalue weighted by molar-refractivity contribution is -0.156. The van der Waals surface area contributed by atoms with Gasteiger partial charge in [-0.2, -0.15) is 0 Å². The Morgan fingerprint density at radius 1 is 1.08 bits per heavy atom. The van der Waals surface area contributed by atoms with Crippen molar-refractivity contribution in [3.8, 4) is 5.75 Å². The minimum Gasteiger partial charge on any atom is -0.508 e. The summed E-state index contributed by atoms with van der Waals surface area (Å²) in [6, 6.07) is 1.81. The Morgan fingerprint density at radius 3 is 2.43 bits per heavy atom. The quantitative estimate of drug-likeness (QED) is 0.179. The van der Waals surface area contributed by atoms with Crippen molar-refractivity contribution >= 4 is 29.5 Å². The van der Waals surface area contributed by atoms with E-state index in [2.05, 4.69) is 16.1 Å². The summed E-state index contributed by atoms with van der Waals surface area (Å²) >= 11 is 0. The second-order valence-corrected chi connectivity index (χ2v) is 14.6. The standard InChI is InChI=1S/C40H58N4O9/c1-8-24(4)34-15-11-9-10-14-32(46)27(7)36(48)29(19-17-26(6)45)37(49)42-35(23(2)3)38(50)41-31(21-28-18-16-25(5)33(47)22-28)39(51)44-20-12-13-30(43-44)40(52)53-34/h8-11,14,16,18,22-23,27,29-32,34-36,43,46-48H,12-13,15,17,19-21H2,1-7H3,(H,41,50)(H,42,49)/b11-9+,14-10+,24-8+/t27-,29+,30?,31-,32-,34-,35-,36+/m0/s1. The maximum atomic E-state index is 14.2. The molecule has 8 atom stereocenters. The monoisotopic (exact) mass is 738 g/mol. The number of phenolic OH excluding ortho intramolecular Hbond substituents is 1. The number of amides is 3. The first kappa shape index (κ1) is 43.1. The molecule has 0 radical (unpaired) electrons. The van der Waals surface area contributed by atoms with Crippen LogP contribution in [0.1, 0.15) is 84.8 Å². The molecule has 53 heavy (non-hydrogen) atoms. The number of ketones is 1. The number of nitrogens with zero attached hydrogens (tertiary/aromatic N) is 1. The highest BCUT2D eigenvalue weighted by atomic mass is 16.5. The Balaban J connectivity index is 2.07. The lowest BCUT2D eigenvalue weighted by Crippen LogP contribution is -2.62. The van der Waals surface area contributed by atoms with Gasteiger partial charge in [-0.3, -0.25) is 24.2 Å². The molecule has 3 rings (SSSR count). The highest BCUT2D eigenvalue weighted by Gasteiger charge is 2.38. The number of nitrogens with one attached hydrogen (secondary N) is 3. The fourth-order valence-corrected chi connectivity index (χ4v) is 6.33. The molecule has 292 valence electrons. The molecule has 2 heterocycles. The van der Waals surface area contributed by atoms with Crippen LogP contribution in [0.25, 0.3) is 0 Å². The van der Waals surface area contributed by atoms with Crippen LogP contribution in [0.5, 0.6) is 5.75 Å². The first-order valence-electron chi connectivity index (χ1n) is 18.5. The third kappa shape index (κ3) is 12.4. The van der Waals surface area contributed by atoms with Crippen molar-refractivity contribution in [3.63, 3.8) is 0 Å². The van der Waals surface area contributed by atoms with Gasteiger partial charge >= 0.3 is 5.97 Å². The van der Waals surface area contributed by atoms with E-state index in [4.69, 9.17) is 4.74 Å². The SMILES string of the molecule is C/C=C(\C)[C@@H]1C/C=C/C=C/[C@H](O)[C@H](C)[C@@H](O)[C@@H](CCC(C)=O)C(=O)N[C@@H](C(C)C)C(=O)N[C@@H](Cc2ccc(C)c(O)c2)C(=O)N2CCCC(N2)C(=O)O1. The molecule has 1 aromatic carbocycles. The van der Waals surface area contributed by atoms with E-state index in [0.717, 1.165) is 5.57 Å². The number of esters is 1. The number of aromatic hydroxyl groups is 1. The summed E-state index contributed by atoms with van der Waals surface area (Å²) in [5.41, 5.74) is 5.03. The number of ether oxygens (including phenoxy) is 1. The summed E-state index contributed by atoms with van der Waals surface area (Å²) in [4.78, 5) is 67.5. The van der Waals surface area contributed by atoms with E-state index >= 15 is 0 Å². The zero-order valence-corrected chi connectivity index (χ0v) is 32.0. The van der Waals surface area contributed by atoms with Crippen LogP contribution in [0.15, 0.2) is 54.2 Å². The van der Waals surface area contributed by atoms with Gasteiger partial charge in [0.15, 0.2) is 0 Å². The van der Waals surface area contributed by atoms with Gasteiger partial charge in [-0.05, 0) is 75.6 Å². The van der Waals surface area contributed by atoms with Gasteiger partial charge in [0, 0.05) is 31.7 Å². The lowest BCUT2D eigenvalue weighted by atomic mass is 9.84. The van der Waals surface area contributed by atoms with Crippen molar-refractivity contribution in [1.82, 2.24) is 21.1 Å². The summed E-state index contributed by atoms with van der Waals surface area (Å²) in [5.74, 6) is -5.00. The Morgan fingerprint density at radius 2 is 1.79 bits per heavy atom. The van der Waals surface area contributed by atoms with Crippen LogP contribution in [0.3, 0.4) is 0 Å². The van der Waals surface area contributed by atoms with Crippen molar-refractivity contribution in [3.05, 3.63) is 65.3 Å². The Kier molecular flexibility index (Phi) is 16.4. The summed E-state index contributed by atoms with van der Waals surface area (Å²) in [5, 5.41) is 39.6. The first-order chi connectivity index (χ1) is 25.0. The Bertz CT molecular complexity index is 1550. The molecule has 1 fully saturated rings. The maximum Gasteiger partial charge on any atom is 0.325 e. The van der Waals surface area contributed by atoms with E-state index in [1.807, 2.05) is 19.9 Å². The number of hydrazine groups is 1. The molecule has 3 amide bonds. The topological polar surface area (TPSA) is 195 Å². The number of aliphatic hydroxyl groups is 2. The fraction of sp³-hybridized carbons (Fsp3) is 0.575. The molecule has 0 spiro atoms. The van der Waals surface area contributed by atoms with Crippen LogP contribution in [-0.4, -0.2) is 92.8 Å². The number of aliphatic hydroxyl groups excluding tert-OH is 2. The molecule has 2 bridgehead atoms. The van der Waals surface area contributed by atoms with Gasteiger partial charge in [0.1, 0.15) is 35.8 Å². The van der Waals surface area contributed by atoms with Gasteiger partial charge in [-0.25, -0.2) is 5.43 Å². The second-order valence-electron chi connectivity index (χ2n) is 14.6. The summed E-state index contributed by atoms with van der Waals surface area (Å²) in [7, 11) is 0. The predicted molar refractivity (Wildman–Crippen MR) is 200 cm³/mol. The molecule has 1 unspecified atom stereocenters. The number of hydrogen-bond donors (Lipinski definition) is 6. The minimum absolute atomic E-state index is 0.00373. The lowest BCUT2D eigenvalue weighted by Gasteiger charge is -2.36. The third-order valence-corrected chi connectivity index (χ3v) is 10.1. The molecule has 6 N–H and O–H groups in total. The number of cyclic esters (lactones) is 1. The van der Waals surface area contributed by atoms with E-state index in [-0.39, 0.29) is 37.3 Å². The number of carbonyl (C=O) groups is 5. The summed E-state index contributed by atoms with van der Waals surface area (Å²) in [6.07, 6.45) is 6.48. The molecule has 13 nitrogen and oxygen atoms in total. The number of allylic oxidation sites excluding steroid dienone is 3. The van der Waals surface area contributed by atoms with Gasteiger partial charge in [-0.1, -0.05) is 63.3 Å². The molecule has 1 aromatic rings. The number of aryl methyl sites for hydroxylation is 1. The normalized spacial score (nSPS) is 30.0. The smallest absolute Gasteiger partial charge is 0.325 e. The van der Waals surface area contributed by atoms with Gasteiger partial charge in [0.2, 0.25) is 11.8 Å². The summed E-state index contributed by atoms with van der Waals surface area (Å²) in [6.45, 7) is 12.1. The number of Topliss-reactive ketones (excluding diaryl/α,β-unsaturated/α-hetero) is 1. The van der Waals surface area contributed by atoms with Crippen LogP contribution in [0.4, 0.5) is 0 Å². The second kappa shape index (κ2) is 20.2. The van der Waals surface area contributed by atoms with Crippen LogP contribution in [0.2, 0.25) is 0 Å². The van der Waals surface area contributed by atoms with Crippen LogP contribution in [-0.2, 0) is 35.1 Å². The highest BCUT2D eigenvalue weighted by molar-refractivity contribution is 5.93. The fourth-order valence-electron chi connectivity index (χ4n) is 6.33. The molecule has 2 aliphatic rings. The Labute approximate surface area is 312 Å². The molecule has 13 heteroatoms. The largest absolute Gasteiger partial charge is 0.508 e. The molecule has 2 aliphatic heterocycles. The van der Waals surface area contributed by atoms with Gasteiger partial charge < -0.3 is 35.5 Å². The number of phenols is 1. The average molecular weight is 739 g/mol. The average Bonchev–Trinajstić information content (AvgIpc) is 3.12. The van der Waals surface area contributed by atoms with Crippen molar-refractivity contribution in [2.45, 2.75) is 123 Å². The number of hydrogen-bond acceptors (Lipinski definition) is 10. The zero-order chi connectivity index (χ0) is 39.4. The zero-order valence-electron chi connectivity index (χ0n) is 32.0. The van der Waals surface area contributed by atoms with Crippen molar-refractivity contribution < 1.29 is 44.0 Å². The number of fused-ring (bicyclic) bond motifs is 2. The minimum atomic E-state index is -1.38. The third-order valence-electron chi connectivity index (χ3n) is 10.1. The predicted octanol–water partition coefficient (Wildman–Crippen LogP) is 3.10. The van der Waals surface area contributed by atoms with Crippen molar-refractivity contribution in [2.24, 2.45) is 17.8 Å². The molecule has 0 saturated carbocycles. The molecule has 0 aliphatic carbocycles.